The van der Waals surface area contributed by atoms with E-state index in [1.165, 1.54) is 64.6 Å². The molecule has 10 rings (SSSR count). The highest BCUT2D eigenvalue weighted by molar-refractivity contribution is 6.59. The zero-order valence-electron chi connectivity index (χ0n) is 33.5. The summed E-state index contributed by atoms with van der Waals surface area (Å²) >= 11 is 0. The van der Waals surface area contributed by atoms with Crippen molar-refractivity contribution < 1.29 is 20.1 Å². The molecule has 0 aromatic heterocycles. The lowest BCUT2D eigenvalue weighted by Gasteiger charge is -2.28. The van der Waals surface area contributed by atoms with Crippen LogP contribution in [0.2, 0.25) is 0 Å². The molecular weight excluding hydrogens is 738 g/mol. The van der Waals surface area contributed by atoms with E-state index in [1.807, 2.05) is 36.4 Å². The number of benzene rings is 10. The van der Waals surface area contributed by atoms with Crippen LogP contribution in [-0.2, 0) is 13.1 Å². The van der Waals surface area contributed by atoms with Crippen LogP contribution < -0.4 is 20.7 Å². The van der Waals surface area contributed by atoms with Gasteiger partial charge in [0, 0.05) is 37.6 Å². The molecule has 6 nitrogen and oxygen atoms in total. The number of anilines is 2. The maximum absolute atomic E-state index is 10.3. The minimum atomic E-state index is -1.54. The van der Waals surface area contributed by atoms with Gasteiger partial charge in [-0.2, -0.15) is 0 Å². The molecule has 0 aliphatic rings. The lowest BCUT2D eigenvalue weighted by molar-refractivity contribution is 0.424. The first kappa shape index (κ1) is 38.1. The van der Waals surface area contributed by atoms with Gasteiger partial charge in [-0.25, -0.2) is 0 Å². The first-order chi connectivity index (χ1) is 29.4. The molecule has 60 heavy (non-hydrogen) atoms. The second kappa shape index (κ2) is 16.1. The minimum Gasteiger partial charge on any atom is -0.423 e. The minimum absolute atomic E-state index is 0.530. The van der Waals surface area contributed by atoms with Crippen molar-refractivity contribution in [2.45, 2.75) is 38.8 Å². The van der Waals surface area contributed by atoms with Gasteiger partial charge in [0.25, 0.3) is 0 Å². The van der Waals surface area contributed by atoms with Crippen LogP contribution in [0.3, 0.4) is 0 Å². The van der Waals surface area contributed by atoms with Crippen LogP contribution in [-0.4, -0.2) is 47.4 Å². The summed E-state index contributed by atoms with van der Waals surface area (Å²) in [7, 11) is -3.09. The summed E-state index contributed by atoms with van der Waals surface area (Å²) in [5, 5.41) is 56.1. The van der Waals surface area contributed by atoms with Crippen molar-refractivity contribution in [2.24, 2.45) is 0 Å². The van der Waals surface area contributed by atoms with Gasteiger partial charge in [0.05, 0.1) is 0 Å². The van der Waals surface area contributed by atoms with Crippen molar-refractivity contribution in [1.82, 2.24) is 0 Å². The topological polar surface area (TPSA) is 87.4 Å². The Morgan fingerprint density at radius 2 is 0.650 bits per heavy atom. The van der Waals surface area contributed by atoms with Crippen LogP contribution in [0, 0.1) is 0 Å². The predicted molar refractivity (Wildman–Crippen MR) is 253 cm³/mol. The molecule has 10 aromatic carbocycles. The average molecular weight is 785 g/mol. The van der Waals surface area contributed by atoms with E-state index in [0.29, 0.717) is 24.0 Å². The molecule has 294 valence electrons. The molecule has 0 spiro atoms. The Morgan fingerprint density at radius 1 is 0.333 bits per heavy atom. The largest absolute Gasteiger partial charge is 0.488 e. The van der Waals surface area contributed by atoms with Crippen molar-refractivity contribution in [1.29, 1.82) is 0 Å². The molecule has 10 aromatic rings. The summed E-state index contributed by atoms with van der Waals surface area (Å²) in [6.45, 7) is 2.73. The van der Waals surface area contributed by atoms with E-state index in [0.717, 1.165) is 61.3 Å². The summed E-state index contributed by atoms with van der Waals surface area (Å²) in [5.74, 6) is 0. The van der Waals surface area contributed by atoms with Crippen LogP contribution in [0.1, 0.15) is 36.8 Å². The van der Waals surface area contributed by atoms with E-state index in [-0.39, 0.29) is 0 Å². The molecule has 0 aliphatic carbocycles. The van der Waals surface area contributed by atoms with Crippen molar-refractivity contribution in [3.8, 4) is 0 Å². The standard InChI is InChI=1S/C52H46B2N2O4/c57-53(58)47-17-5-3-11-43(47)33-55(45-29-39-23-19-35-13-9-14-36-20-24-40(30-45)51(39)49(35)36)27-7-1-2-8-28-56(34-44-12-4-6-18-48(44)54(59)60)46-31-41-25-21-37-15-10-16-38-22-26-42(32-46)52(41)50(37)38/h3-6,9-26,29-32,57-60H,1-2,7-8,27-28,33-34H2. The fourth-order valence-corrected chi connectivity index (χ4v) is 9.67. The summed E-state index contributed by atoms with van der Waals surface area (Å²) in [4.78, 5) is 4.78. The summed E-state index contributed by atoms with van der Waals surface area (Å²) < 4.78 is 0. The second-order valence-electron chi connectivity index (χ2n) is 16.4. The highest BCUT2D eigenvalue weighted by Crippen LogP contribution is 2.39. The lowest BCUT2D eigenvalue weighted by atomic mass is 9.77. The normalized spacial score (nSPS) is 11.9. The number of hydrogen-bond acceptors (Lipinski definition) is 6. The van der Waals surface area contributed by atoms with Crippen LogP contribution in [0.25, 0.3) is 64.6 Å². The van der Waals surface area contributed by atoms with Gasteiger partial charge in [-0.15, -0.1) is 0 Å². The first-order valence-electron chi connectivity index (χ1n) is 21.1. The van der Waals surface area contributed by atoms with Gasteiger partial charge in [0.2, 0.25) is 0 Å². The highest BCUT2D eigenvalue weighted by atomic mass is 16.4. The van der Waals surface area contributed by atoms with Gasteiger partial charge in [-0.1, -0.05) is 146 Å². The third-order valence-electron chi connectivity index (χ3n) is 12.6. The van der Waals surface area contributed by atoms with Crippen molar-refractivity contribution in [2.75, 3.05) is 22.9 Å². The number of hydrogen-bond donors (Lipinski definition) is 4. The van der Waals surface area contributed by atoms with E-state index < -0.39 is 14.2 Å². The van der Waals surface area contributed by atoms with E-state index in [1.54, 1.807) is 12.1 Å². The molecule has 0 fully saturated rings. The number of rotatable bonds is 15. The zero-order valence-corrected chi connectivity index (χ0v) is 33.5. The molecule has 0 atom stereocenters. The average Bonchev–Trinajstić information content (AvgIpc) is 3.27. The SMILES string of the molecule is OB(O)c1ccccc1CN(CCCCCCN(Cc1ccccc1B(O)O)c1cc2ccc3cccc4ccc(c1)c2c34)c1cc2ccc3cccc4ccc(c1)c2c34. The molecule has 0 heterocycles. The maximum atomic E-state index is 10.3. The summed E-state index contributed by atoms with van der Waals surface area (Å²) in [6.07, 6.45) is 3.98. The molecule has 0 amide bonds. The van der Waals surface area contributed by atoms with E-state index in [4.69, 9.17) is 0 Å². The van der Waals surface area contributed by atoms with Gasteiger partial charge < -0.3 is 29.9 Å². The maximum Gasteiger partial charge on any atom is 0.488 e. The Labute approximate surface area is 350 Å². The Balaban J connectivity index is 0.903. The van der Waals surface area contributed by atoms with Crippen molar-refractivity contribution in [3.05, 3.63) is 169 Å². The monoisotopic (exact) mass is 784 g/mol. The Kier molecular flexibility index (Phi) is 10.2. The van der Waals surface area contributed by atoms with Gasteiger partial charge >= 0.3 is 14.2 Å². The second-order valence-corrected chi connectivity index (χ2v) is 16.4. The predicted octanol–water partition coefficient (Wildman–Crippen LogP) is 9.11. The molecule has 4 N–H and O–H groups in total. The molecule has 0 saturated carbocycles. The molecule has 0 unspecified atom stereocenters. The molecule has 0 saturated heterocycles. The molecule has 8 heteroatoms. The molecule has 0 bridgehead atoms. The van der Waals surface area contributed by atoms with Gasteiger partial charge in [-0.05, 0) is 124 Å². The zero-order chi connectivity index (χ0) is 40.7. The fraction of sp³-hybridized carbons (Fsp3) is 0.154. The number of nitrogens with zero attached hydrogens (tertiary/aromatic N) is 2. The lowest BCUT2D eigenvalue weighted by Crippen LogP contribution is -2.36. The highest BCUT2D eigenvalue weighted by Gasteiger charge is 2.21. The molecule has 0 radical (unpaired) electrons. The first-order valence-corrected chi connectivity index (χ1v) is 21.1. The summed E-state index contributed by atoms with van der Waals surface area (Å²) in [5.41, 5.74) is 5.09. The van der Waals surface area contributed by atoms with Gasteiger partial charge in [0.15, 0.2) is 0 Å². The van der Waals surface area contributed by atoms with Crippen LogP contribution in [0.15, 0.2) is 158 Å². The van der Waals surface area contributed by atoms with E-state index >= 15 is 0 Å². The molecular formula is C52H46B2N2O4. The third kappa shape index (κ3) is 7.16. The number of unbranched alkanes of at least 4 members (excludes halogenated alkanes) is 3. The molecule has 0 aliphatic heterocycles. The van der Waals surface area contributed by atoms with Gasteiger partial charge in [0.1, 0.15) is 0 Å². The van der Waals surface area contributed by atoms with Crippen molar-refractivity contribution >= 4 is 101 Å². The van der Waals surface area contributed by atoms with Gasteiger partial charge in [-0.3, -0.25) is 0 Å². The fourth-order valence-electron chi connectivity index (χ4n) is 9.67. The summed E-state index contributed by atoms with van der Waals surface area (Å²) in [6, 6.07) is 55.1. The van der Waals surface area contributed by atoms with Crippen LogP contribution in [0.4, 0.5) is 11.4 Å². The van der Waals surface area contributed by atoms with Crippen LogP contribution in [0.5, 0.6) is 0 Å². The Hall–Kier alpha value is -6.15. The smallest absolute Gasteiger partial charge is 0.423 e. The van der Waals surface area contributed by atoms with Crippen molar-refractivity contribution in [3.63, 3.8) is 0 Å². The Bertz CT molecular complexity index is 2780. The third-order valence-corrected chi connectivity index (χ3v) is 12.6. The van der Waals surface area contributed by atoms with Crippen LogP contribution >= 0.6 is 0 Å². The van der Waals surface area contributed by atoms with E-state index in [9.17, 15) is 20.1 Å². The Morgan fingerprint density at radius 3 is 1.00 bits per heavy atom. The van der Waals surface area contributed by atoms with E-state index in [2.05, 4.69) is 119 Å². The quantitative estimate of drug-likeness (QED) is 0.0472.